The third kappa shape index (κ3) is 2.89. The van der Waals surface area contributed by atoms with Gasteiger partial charge in [-0.05, 0) is 30.6 Å². The van der Waals surface area contributed by atoms with Crippen molar-refractivity contribution < 1.29 is 23.5 Å². The summed E-state index contributed by atoms with van der Waals surface area (Å²) in [6.45, 7) is 12.8. The maximum absolute atomic E-state index is 12.6. The first-order valence-corrected chi connectivity index (χ1v) is 11.8. The number of epoxide rings is 1. The van der Waals surface area contributed by atoms with Crippen LogP contribution >= 0.6 is 0 Å². The van der Waals surface area contributed by atoms with Crippen molar-refractivity contribution in [3.63, 3.8) is 0 Å². The number of rotatable bonds is 4. The Kier molecular flexibility index (Phi) is 4.29. The van der Waals surface area contributed by atoms with Gasteiger partial charge in [-0.1, -0.05) is 34.1 Å². The van der Waals surface area contributed by atoms with Crippen LogP contribution in [0.15, 0.2) is 11.6 Å². The Labute approximate surface area is 144 Å². The lowest BCUT2D eigenvalue weighted by atomic mass is 9.79. The van der Waals surface area contributed by atoms with E-state index >= 15 is 0 Å². The molecule has 0 spiro atoms. The molecule has 3 rings (SSSR count). The number of ketones is 1. The minimum Gasteiger partial charge on any atom is -0.458 e. The third-order valence-electron chi connectivity index (χ3n) is 5.75. The number of Topliss-reactive ketones (excluding diaryl/α,β-unsaturated/α-hetero) is 1. The van der Waals surface area contributed by atoms with Crippen molar-refractivity contribution in [1.29, 1.82) is 0 Å². The summed E-state index contributed by atoms with van der Waals surface area (Å²) in [4.78, 5) is 25.2. The molecule has 0 bridgehead atoms. The summed E-state index contributed by atoms with van der Waals surface area (Å²) >= 11 is 0. The standard InChI is InChI=1S/C18H28O5Si/c1-7-8-10-9-11-12(17(20)21-10)14(16-15(22-16)13(11)19)23-24(5,6)18(2,3)4/h9-10,12,14-16H,7-8H2,1-6H3/t10-,12?,14+,15+,16-/m0/s1. The van der Waals surface area contributed by atoms with Gasteiger partial charge >= 0.3 is 5.97 Å². The van der Waals surface area contributed by atoms with Crippen LogP contribution in [0.1, 0.15) is 40.5 Å². The SMILES string of the molecule is CCC[C@H]1C=C2C(=O)[C@H]3O[C@H]3[C@H](O[Si](C)(C)C(C)(C)C)C2C(=O)O1. The normalized spacial score (nSPS) is 35.8. The predicted molar refractivity (Wildman–Crippen MR) is 92.1 cm³/mol. The number of hydrogen-bond donors (Lipinski definition) is 0. The Morgan fingerprint density at radius 3 is 2.50 bits per heavy atom. The van der Waals surface area contributed by atoms with Crippen LogP contribution in [0.5, 0.6) is 0 Å². The van der Waals surface area contributed by atoms with E-state index in [1.165, 1.54) is 0 Å². The number of carbonyl (C=O) groups is 2. The minimum absolute atomic E-state index is 0.0199. The van der Waals surface area contributed by atoms with Crippen LogP contribution in [0.3, 0.4) is 0 Å². The molecule has 0 radical (unpaired) electrons. The average Bonchev–Trinajstić information content (AvgIpc) is 3.23. The first kappa shape index (κ1) is 17.8. The maximum Gasteiger partial charge on any atom is 0.316 e. The quantitative estimate of drug-likeness (QED) is 0.442. The van der Waals surface area contributed by atoms with Crippen LogP contribution in [-0.4, -0.2) is 44.5 Å². The summed E-state index contributed by atoms with van der Waals surface area (Å²) in [5.41, 5.74) is 0.548. The molecule has 0 aromatic carbocycles. The van der Waals surface area contributed by atoms with Gasteiger partial charge in [-0.3, -0.25) is 9.59 Å². The third-order valence-corrected chi connectivity index (χ3v) is 10.2. The van der Waals surface area contributed by atoms with E-state index in [4.69, 9.17) is 13.9 Å². The lowest BCUT2D eigenvalue weighted by molar-refractivity contribution is -0.157. The summed E-state index contributed by atoms with van der Waals surface area (Å²) in [6, 6.07) is 0. The molecule has 1 aliphatic carbocycles. The van der Waals surface area contributed by atoms with Crippen LogP contribution < -0.4 is 0 Å². The van der Waals surface area contributed by atoms with Crippen molar-refractivity contribution in [2.75, 3.05) is 0 Å². The highest BCUT2D eigenvalue weighted by Gasteiger charge is 2.63. The average molecular weight is 353 g/mol. The summed E-state index contributed by atoms with van der Waals surface area (Å²) in [7, 11) is -2.09. The van der Waals surface area contributed by atoms with Crippen LogP contribution in [0, 0.1) is 5.92 Å². The molecular weight excluding hydrogens is 324 g/mol. The first-order chi connectivity index (χ1) is 11.1. The second-order valence-electron chi connectivity index (χ2n) is 8.59. The van der Waals surface area contributed by atoms with E-state index < -0.39 is 26.4 Å². The molecule has 2 aliphatic heterocycles. The zero-order valence-corrected chi connectivity index (χ0v) is 16.4. The van der Waals surface area contributed by atoms with Crippen LogP contribution in [0.25, 0.3) is 0 Å². The van der Waals surface area contributed by atoms with E-state index in [-0.39, 0.29) is 29.0 Å². The highest BCUT2D eigenvalue weighted by atomic mass is 28.4. The Morgan fingerprint density at radius 2 is 1.92 bits per heavy atom. The van der Waals surface area contributed by atoms with Gasteiger partial charge in [0.05, 0.1) is 6.10 Å². The molecule has 0 N–H and O–H groups in total. The number of esters is 1. The predicted octanol–water partition coefficient (Wildman–Crippen LogP) is 3.00. The molecule has 0 aromatic rings. The van der Waals surface area contributed by atoms with Crippen molar-refractivity contribution in [3.8, 4) is 0 Å². The molecule has 1 saturated heterocycles. The van der Waals surface area contributed by atoms with Crippen molar-refractivity contribution in [3.05, 3.63) is 11.6 Å². The summed E-state index contributed by atoms with van der Waals surface area (Å²) < 4.78 is 17.7. The maximum atomic E-state index is 12.6. The minimum atomic E-state index is -2.09. The smallest absolute Gasteiger partial charge is 0.316 e. The zero-order valence-electron chi connectivity index (χ0n) is 15.4. The molecule has 0 aromatic heterocycles. The van der Waals surface area contributed by atoms with Gasteiger partial charge in [-0.15, -0.1) is 0 Å². The largest absolute Gasteiger partial charge is 0.458 e. The van der Waals surface area contributed by atoms with Gasteiger partial charge in [0, 0.05) is 5.57 Å². The topological polar surface area (TPSA) is 65.1 Å². The Morgan fingerprint density at radius 1 is 1.25 bits per heavy atom. The van der Waals surface area contributed by atoms with Crippen molar-refractivity contribution >= 4 is 20.1 Å². The molecule has 134 valence electrons. The summed E-state index contributed by atoms with van der Waals surface area (Å²) in [6.07, 6.45) is 2.01. The first-order valence-electron chi connectivity index (χ1n) is 8.86. The van der Waals surface area contributed by atoms with Crippen LogP contribution in [0.4, 0.5) is 0 Å². The summed E-state index contributed by atoms with van der Waals surface area (Å²) in [5.74, 6) is -1.03. The van der Waals surface area contributed by atoms with E-state index in [9.17, 15) is 9.59 Å². The number of cyclic esters (lactones) is 1. The fourth-order valence-corrected chi connectivity index (χ4v) is 4.56. The molecular formula is C18H28O5Si. The van der Waals surface area contributed by atoms with Gasteiger partial charge in [-0.2, -0.15) is 0 Å². The van der Waals surface area contributed by atoms with Crippen molar-refractivity contribution in [1.82, 2.24) is 0 Å². The fraction of sp³-hybridized carbons (Fsp3) is 0.778. The molecule has 6 heteroatoms. The van der Waals surface area contributed by atoms with Gasteiger partial charge in [0.2, 0.25) is 0 Å². The molecule has 24 heavy (non-hydrogen) atoms. The van der Waals surface area contributed by atoms with Gasteiger partial charge in [-0.25, -0.2) is 0 Å². The Hall–Kier alpha value is -0.983. The highest BCUT2D eigenvalue weighted by Crippen LogP contribution is 2.48. The molecule has 5 atom stereocenters. The van der Waals surface area contributed by atoms with Gasteiger partial charge in [0.15, 0.2) is 14.1 Å². The van der Waals surface area contributed by atoms with E-state index in [0.29, 0.717) is 5.57 Å². The molecule has 5 nitrogen and oxygen atoms in total. The van der Waals surface area contributed by atoms with Crippen molar-refractivity contribution in [2.24, 2.45) is 5.92 Å². The second-order valence-corrected chi connectivity index (χ2v) is 13.3. The molecule has 0 amide bonds. The zero-order chi connectivity index (χ0) is 17.9. The van der Waals surface area contributed by atoms with E-state index in [2.05, 4.69) is 33.9 Å². The van der Waals surface area contributed by atoms with Gasteiger partial charge < -0.3 is 13.9 Å². The second kappa shape index (κ2) is 5.78. The Balaban J connectivity index is 1.91. The number of hydrogen-bond acceptors (Lipinski definition) is 5. The van der Waals surface area contributed by atoms with Gasteiger partial charge in [0.1, 0.15) is 24.2 Å². The lowest BCUT2D eigenvalue weighted by Crippen LogP contribution is -2.54. The lowest BCUT2D eigenvalue weighted by Gasteiger charge is -2.42. The molecule has 2 fully saturated rings. The fourth-order valence-electron chi connectivity index (χ4n) is 3.25. The molecule has 1 unspecified atom stereocenters. The monoisotopic (exact) mass is 352 g/mol. The Bertz CT molecular complexity index is 589. The highest BCUT2D eigenvalue weighted by molar-refractivity contribution is 6.74. The van der Waals surface area contributed by atoms with Gasteiger partial charge in [0.25, 0.3) is 0 Å². The van der Waals surface area contributed by atoms with E-state index in [1.54, 1.807) is 0 Å². The van der Waals surface area contributed by atoms with Crippen LogP contribution in [-0.2, 0) is 23.5 Å². The van der Waals surface area contributed by atoms with Crippen LogP contribution in [0.2, 0.25) is 18.1 Å². The van der Waals surface area contributed by atoms with Crippen molar-refractivity contribution in [2.45, 2.75) is 83.1 Å². The van der Waals surface area contributed by atoms with E-state index in [0.717, 1.165) is 12.8 Å². The molecule has 1 saturated carbocycles. The van der Waals surface area contributed by atoms with E-state index in [1.807, 2.05) is 13.0 Å². The number of fused-ring (bicyclic) bond motifs is 2. The summed E-state index contributed by atoms with van der Waals surface area (Å²) in [5, 5.41) is 0.0199. The number of ether oxygens (including phenoxy) is 2. The number of carbonyl (C=O) groups excluding carboxylic acids is 2. The molecule has 3 aliphatic rings. The molecule has 2 heterocycles.